The maximum Gasteiger partial charge on any atom is 0.305 e. The van der Waals surface area contributed by atoms with Gasteiger partial charge in [0, 0.05) is 23.7 Å². The van der Waals surface area contributed by atoms with E-state index < -0.39 is 24.3 Å². The zero-order chi connectivity index (χ0) is 15.6. The maximum atomic E-state index is 12.5. The van der Waals surface area contributed by atoms with Crippen LogP contribution in [0.4, 0.5) is 0 Å². The Morgan fingerprint density at radius 2 is 2.14 bits per heavy atom. The van der Waals surface area contributed by atoms with Crippen molar-refractivity contribution in [2.75, 3.05) is 13.1 Å². The summed E-state index contributed by atoms with van der Waals surface area (Å²) in [5.74, 6) is -1.96. The third-order valence-electron chi connectivity index (χ3n) is 3.25. The molecule has 0 aliphatic carbocycles. The molecule has 0 saturated carbocycles. The van der Waals surface area contributed by atoms with Gasteiger partial charge in [-0.25, -0.2) is 0 Å². The SMILES string of the molecule is Cc1cc(Cl)cc(C(=O)N2CCNC(=O)C2CC(=O)O)c1. The standard InChI is InChI=1S/C14H15ClN2O4/c1-8-4-9(6-10(15)5-8)14(21)17-3-2-16-13(20)11(17)7-12(18)19/h4-6,11H,2-3,7H2,1H3,(H,16,20)(H,18,19). The van der Waals surface area contributed by atoms with Gasteiger partial charge in [-0.2, -0.15) is 0 Å². The molecule has 1 atom stereocenters. The third-order valence-corrected chi connectivity index (χ3v) is 3.47. The lowest BCUT2D eigenvalue weighted by Crippen LogP contribution is -2.57. The van der Waals surface area contributed by atoms with E-state index in [1.165, 1.54) is 11.0 Å². The normalized spacial score (nSPS) is 18.3. The Balaban J connectivity index is 2.30. The summed E-state index contributed by atoms with van der Waals surface area (Å²) in [7, 11) is 0. The van der Waals surface area contributed by atoms with Crippen LogP contribution in [0.5, 0.6) is 0 Å². The van der Waals surface area contributed by atoms with Gasteiger partial charge in [-0.1, -0.05) is 11.6 Å². The summed E-state index contributed by atoms with van der Waals surface area (Å²) in [5.41, 5.74) is 1.17. The molecule has 0 bridgehead atoms. The number of nitrogens with one attached hydrogen (secondary N) is 1. The summed E-state index contributed by atoms with van der Waals surface area (Å²) >= 11 is 5.94. The molecule has 21 heavy (non-hydrogen) atoms. The van der Waals surface area contributed by atoms with E-state index in [0.29, 0.717) is 17.1 Å². The van der Waals surface area contributed by atoms with Crippen LogP contribution < -0.4 is 5.32 Å². The largest absolute Gasteiger partial charge is 0.481 e. The fraction of sp³-hybridized carbons (Fsp3) is 0.357. The molecule has 2 N–H and O–H groups in total. The maximum absolute atomic E-state index is 12.5. The number of nitrogens with zero attached hydrogens (tertiary/aromatic N) is 1. The van der Waals surface area contributed by atoms with Gasteiger partial charge in [0.2, 0.25) is 5.91 Å². The van der Waals surface area contributed by atoms with E-state index in [1.807, 2.05) is 0 Å². The van der Waals surface area contributed by atoms with E-state index >= 15 is 0 Å². The lowest BCUT2D eigenvalue weighted by Gasteiger charge is -2.34. The number of hydrogen-bond donors (Lipinski definition) is 2. The fourth-order valence-electron chi connectivity index (χ4n) is 2.35. The molecule has 1 aromatic rings. The lowest BCUT2D eigenvalue weighted by atomic mass is 10.1. The van der Waals surface area contributed by atoms with Crippen molar-refractivity contribution in [3.63, 3.8) is 0 Å². The Bertz CT molecular complexity index is 582. The van der Waals surface area contributed by atoms with Crippen molar-refractivity contribution < 1.29 is 19.5 Å². The van der Waals surface area contributed by atoms with E-state index in [1.54, 1.807) is 19.1 Å². The summed E-state index contributed by atoms with van der Waals surface area (Å²) in [6.45, 7) is 2.38. The molecule has 1 fully saturated rings. The number of aliphatic carboxylic acids is 1. The highest BCUT2D eigenvalue weighted by atomic mass is 35.5. The molecule has 6 nitrogen and oxygen atoms in total. The van der Waals surface area contributed by atoms with Gasteiger partial charge in [0.15, 0.2) is 0 Å². The van der Waals surface area contributed by atoms with Crippen LogP contribution in [0.2, 0.25) is 5.02 Å². The zero-order valence-electron chi connectivity index (χ0n) is 11.4. The number of benzene rings is 1. The van der Waals surface area contributed by atoms with Crippen molar-refractivity contribution in [1.29, 1.82) is 0 Å². The van der Waals surface area contributed by atoms with E-state index in [9.17, 15) is 14.4 Å². The van der Waals surface area contributed by atoms with Gasteiger partial charge >= 0.3 is 5.97 Å². The molecule has 7 heteroatoms. The van der Waals surface area contributed by atoms with Gasteiger partial charge in [0.05, 0.1) is 6.42 Å². The van der Waals surface area contributed by atoms with Crippen LogP contribution in [0.25, 0.3) is 0 Å². The molecular formula is C14H15ClN2O4. The number of piperazine rings is 1. The number of carbonyl (C=O) groups excluding carboxylic acids is 2. The molecule has 1 aromatic carbocycles. The third kappa shape index (κ3) is 3.52. The summed E-state index contributed by atoms with van der Waals surface area (Å²) in [4.78, 5) is 36.5. The average Bonchev–Trinajstić information content (AvgIpc) is 2.38. The minimum atomic E-state index is -1.13. The molecule has 0 aromatic heterocycles. The van der Waals surface area contributed by atoms with Gasteiger partial charge < -0.3 is 15.3 Å². The van der Waals surface area contributed by atoms with E-state index in [2.05, 4.69) is 5.32 Å². The summed E-state index contributed by atoms with van der Waals surface area (Å²) < 4.78 is 0. The minimum absolute atomic E-state index is 0.272. The number of carbonyl (C=O) groups is 3. The first-order valence-corrected chi connectivity index (χ1v) is 6.84. The zero-order valence-corrected chi connectivity index (χ0v) is 12.2. The Labute approximate surface area is 126 Å². The van der Waals surface area contributed by atoms with Crippen LogP contribution in [-0.4, -0.2) is 46.9 Å². The number of amides is 2. The van der Waals surface area contributed by atoms with Crippen LogP contribution in [-0.2, 0) is 9.59 Å². The van der Waals surface area contributed by atoms with Gasteiger partial charge in [0.1, 0.15) is 6.04 Å². The number of rotatable bonds is 3. The molecule has 0 radical (unpaired) electrons. The number of hydrogen-bond acceptors (Lipinski definition) is 3. The summed E-state index contributed by atoms with van der Waals surface area (Å²) in [6.07, 6.45) is -0.420. The first kappa shape index (κ1) is 15.3. The van der Waals surface area contributed by atoms with Crippen molar-refractivity contribution in [1.82, 2.24) is 10.2 Å². The number of carboxylic acid groups (broad SMARTS) is 1. The molecule has 2 amide bonds. The molecular weight excluding hydrogens is 296 g/mol. The second kappa shape index (κ2) is 6.13. The predicted octanol–water partition coefficient (Wildman–Crippen LogP) is 1.06. The molecule has 1 heterocycles. The molecule has 1 aliphatic rings. The minimum Gasteiger partial charge on any atom is -0.481 e. The van der Waals surface area contributed by atoms with Crippen LogP contribution in [0.3, 0.4) is 0 Å². The first-order valence-electron chi connectivity index (χ1n) is 6.46. The molecule has 1 saturated heterocycles. The molecule has 2 rings (SSSR count). The van der Waals surface area contributed by atoms with E-state index in [4.69, 9.17) is 16.7 Å². The Kier molecular flexibility index (Phi) is 4.47. The number of aryl methyl sites for hydroxylation is 1. The Morgan fingerprint density at radius 3 is 2.76 bits per heavy atom. The molecule has 1 unspecified atom stereocenters. The Morgan fingerprint density at radius 1 is 1.43 bits per heavy atom. The predicted molar refractivity (Wildman–Crippen MR) is 76.3 cm³/mol. The van der Waals surface area contributed by atoms with Crippen molar-refractivity contribution in [2.45, 2.75) is 19.4 Å². The van der Waals surface area contributed by atoms with Gasteiger partial charge in [-0.05, 0) is 30.7 Å². The highest BCUT2D eigenvalue weighted by Gasteiger charge is 2.35. The number of carboxylic acids is 1. The molecule has 1 aliphatic heterocycles. The fourth-order valence-corrected chi connectivity index (χ4v) is 2.64. The monoisotopic (exact) mass is 310 g/mol. The van der Waals surface area contributed by atoms with Crippen molar-refractivity contribution >= 4 is 29.4 Å². The van der Waals surface area contributed by atoms with Gasteiger partial charge in [-0.3, -0.25) is 14.4 Å². The van der Waals surface area contributed by atoms with Crippen LogP contribution in [0, 0.1) is 6.92 Å². The van der Waals surface area contributed by atoms with Crippen molar-refractivity contribution in [3.8, 4) is 0 Å². The quantitative estimate of drug-likeness (QED) is 0.874. The topological polar surface area (TPSA) is 86.7 Å². The van der Waals surface area contributed by atoms with Crippen molar-refractivity contribution in [3.05, 3.63) is 34.3 Å². The van der Waals surface area contributed by atoms with Gasteiger partial charge in [0.25, 0.3) is 5.91 Å². The van der Waals surface area contributed by atoms with E-state index in [-0.39, 0.29) is 12.5 Å². The van der Waals surface area contributed by atoms with E-state index in [0.717, 1.165) is 5.56 Å². The second-order valence-electron chi connectivity index (χ2n) is 4.92. The second-order valence-corrected chi connectivity index (χ2v) is 5.36. The highest BCUT2D eigenvalue weighted by molar-refractivity contribution is 6.31. The van der Waals surface area contributed by atoms with Crippen molar-refractivity contribution in [2.24, 2.45) is 0 Å². The smallest absolute Gasteiger partial charge is 0.305 e. The number of halogens is 1. The molecule has 112 valence electrons. The molecule has 0 spiro atoms. The van der Waals surface area contributed by atoms with Crippen LogP contribution >= 0.6 is 11.6 Å². The lowest BCUT2D eigenvalue weighted by molar-refractivity contribution is -0.142. The van der Waals surface area contributed by atoms with Gasteiger partial charge in [-0.15, -0.1) is 0 Å². The Hall–Kier alpha value is -2.08. The van der Waals surface area contributed by atoms with Crippen LogP contribution in [0.15, 0.2) is 18.2 Å². The average molecular weight is 311 g/mol. The summed E-state index contributed by atoms with van der Waals surface area (Å²) in [6, 6.07) is 3.90. The summed E-state index contributed by atoms with van der Waals surface area (Å²) in [5, 5.41) is 11.9. The highest BCUT2D eigenvalue weighted by Crippen LogP contribution is 2.19. The first-order chi connectivity index (χ1) is 9.88. The van der Waals surface area contributed by atoms with Crippen LogP contribution in [0.1, 0.15) is 22.3 Å².